The van der Waals surface area contributed by atoms with Gasteiger partial charge in [-0.15, -0.1) is 0 Å². The molecule has 0 atom stereocenters. The van der Waals surface area contributed by atoms with Crippen LogP contribution in [0.5, 0.6) is 5.75 Å². The second kappa shape index (κ2) is 10.4. The van der Waals surface area contributed by atoms with Crippen molar-refractivity contribution in [1.29, 1.82) is 0 Å². The molecule has 0 unspecified atom stereocenters. The minimum absolute atomic E-state index is 0.203. The van der Waals surface area contributed by atoms with Crippen LogP contribution < -0.4 is 10.7 Å². The number of nitrogens with one attached hydrogen (secondary N) is 2. The first-order chi connectivity index (χ1) is 12.2. The van der Waals surface area contributed by atoms with Crippen LogP contribution in [0.2, 0.25) is 0 Å². The Hall–Kier alpha value is -2.44. The van der Waals surface area contributed by atoms with E-state index in [1.807, 2.05) is 30.3 Å². The van der Waals surface area contributed by atoms with Crippen LogP contribution >= 0.6 is 12.2 Å². The summed E-state index contributed by atoms with van der Waals surface area (Å²) in [4.78, 5) is 0. The number of ether oxygens (including phenoxy) is 1. The summed E-state index contributed by atoms with van der Waals surface area (Å²) in [7, 11) is 1.64. The van der Waals surface area contributed by atoms with Crippen LogP contribution in [0.15, 0.2) is 59.7 Å². The number of aromatic hydroxyl groups is 1. The van der Waals surface area contributed by atoms with Crippen molar-refractivity contribution in [1.82, 2.24) is 10.7 Å². The Morgan fingerprint density at radius 2 is 1.84 bits per heavy atom. The maximum absolute atomic E-state index is 10.1. The van der Waals surface area contributed by atoms with Crippen molar-refractivity contribution in [2.75, 3.05) is 20.3 Å². The van der Waals surface area contributed by atoms with Gasteiger partial charge in [-0.3, -0.25) is 5.43 Å². The molecule has 0 saturated heterocycles. The molecular weight excluding hydrogens is 334 g/mol. The molecule has 0 fully saturated rings. The molecule has 6 heteroatoms. The highest BCUT2D eigenvalue weighted by Crippen LogP contribution is 2.19. The number of rotatable bonds is 8. The van der Waals surface area contributed by atoms with Gasteiger partial charge in [-0.1, -0.05) is 42.5 Å². The van der Waals surface area contributed by atoms with Gasteiger partial charge in [-0.2, -0.15) is 5.10 Å². The topological polar surface area (TPSA) is 65.9 Å². The van der Waals surface area contributed by atoms with E-state index in [4.69, 9.17) is 17.0 Å². The smallest absolute Gasteiger partial charge is 0.187 e. The summed E-state index contributed by atoms with van der Waals surface area (Å²) in [6, 6.07) is 17.3. The molecule has 25 heavy (non-hydrogen) atoms. The number of phenols is 1. The van der Waals surface area contributed by atoms with E-state index in [-0.39, 0.29) is 5.75 Å². The molecule has 0 aliphatic carbocycles. The van der Waals surface area contributed by atoms with E-state index in [1.165, 1.54) is 5.56 Å². The standard InChI is InChI=1S/C19H23N3O2S/c1-24-14-13-20-19(25)22-21-17(16-9-5-6-10-18(16)23)12-11-15-7-3-2-4-8-15/h2-10,23H,11-14H2,1H3,(H2,20,22,25)/b21-17+. The summed E-state index contributed by atoms with van der Waals surface area (Å²) >= 11 is 5.20. The van der Waals surface area contributed by atoms with Crippen molar-refractivity contribution in [3.8, 4) is 5.75 Å². The Kier molecular flexibility index (Phi) is 7.88. The number of phenolic OH excluding ortho intramolecular Hbond substituents is 1. The lowest BCUT2D eigenvalue weighted by atomic mass is 10.0. The minimum Gasteiger partial charge on any atom is -0.507 e. The lowest BCUT2D eigenvalue weighted by Gasteiger charge is -2.11. The fourth-order valence-electron chi connectivity index (χ4n) is 2.30. The van der Waals surface area contributed by atoms with Crippen molar-refractivity contribution < 1.29 is 9.84 Å². The summed E-state index contributed by atoms with van der Waals surface area (Å²) in [5, 5.41) is 18.0. The van der Waals surface area contributed by atoms with Gasteiger partial charge in [0.25, 0.3) is 0 Å². The molecule has 132 valence electrons. The number of hydrazone groups is 1. The number of hydrogen-bond donors (Lipinski definition) is 3. The molecule has 0 heterocycles. The lowest BCUT2D eigenvalue weighted by Crippen LogP contribution is -2.34. The second-order valence-corrected chi connectivity index (χ2v) is 5.83. The van der Waals surface area contributed by atoms with Crippen molar-refractivity contribution >= 4 is 23.0 Å². The van der Waals surface area contributed by atoms with E-state index >= 15 is 0 Å². The summed E-state index contributed by atoms with van der Waals surface area (Å²) in [6.07, 6.45) is 1.49. The van der Waals surface area contributed by atoms with Crippen molar-refractivity contribution in [2.24, 2.45) is 5.10 Å². The molecule has 0 bridgehead atoms. The van der Waals surface area contributed by atoms with E-state index in [0.29, 0.717) is 30.2 Å². The average Bonchev–Trinajstić information content (AvgIpc) is 2.64. The number of nitrogens with zero attached hydrogens (tertiary/aromatic N) is 1. The molecule has 0 aromatic heterocycles. The molecule has 0 radical (unpaired) electrons. The molecule has 5 nitrogen and oxygen atoms in total. The number of methoxy groups -OCH3 is 1. The number of thiocarbonyl (C=S) groups is 1. The highest BCUT2D eigenvalue weighted by Gasteiger charge is 2.09. The van der Waals surface area contributed by atoms with Gasteiger partial charge < -0.3 is 15.2 Å². The van der Waals surface area contributed by atoms with Gasteiger partial charge in [0.1, 0.15) is 5.75 Å². The second-order valence-electron chi connectivity index (χ2n) is 5.42. The Morgan fingerprint density at radius 3 is 2.56 bits per heavy atom. The fourth-order valence-corrected chi connectivity index (χ4v) is 2.45. The third kappa shape index (κ3) is 6.52. The van der Waals surface area contributed by atoms with E-state index in [0.717, 1.165) is 12.1 Å². The maximum Gasteiger partial charge on any atom is 0.187 e. The molecule has 0 aliphatic rings. The molecule has 2 aromatic carbocycles. The van der Waals surface area contributed by atoms with Gasteiger partial charge in [-0.05, 0) is 42.8 Å². The largest absolute Gasteiger partial charge is 0.507 e. The molecule has 0 aliphatic heterocycles. The summed E-state index contributed by atoms with van der Waals surface area (Å²) < 4.78 is 4.97. The van der Waals surface area contributed by atoms with Crippen molar-refractivity contribution in [2.45, 2.75) is 12.8 Å². The number of benzene rings is 2. The third-order valence-electron chi connectivity index (χ3n) is 3.59. The van der Waals surface area contributed by atoms with Crippen LogP contribution in [0, 0.1) is 0 Å². The summed E-state index contributed by atoms with van der Waals surface area (Å²) in [6.45, 7) is 1.17. The average molecular weight is 357 g/mol. The van der Waals surface area contributed by atoms with Crippen LogP contribution in [0.1, 0.15) is 17.5 Å². The predicted octanol–water partition coefficient (Wildman–Crippen LogP) is 2.84. The van der Waals surface area contributed by atoms with Crippen molar-refractivity contribution in [3.63, 3.8) is 0 Å². The van der Waals surface area contributed by atoms with Crippen LogP contribution in [0.3, 0.4) is 0 Å². The summed E-state index contributed by atoms with van der Waals surface area (Å²) in [5.74, 6) is 0.203. The van der Waals surface area contributed by atoms with Gasteiger partial charge in [0.2, 0.25) is 0 Å². The monoisotopic (exact) mass is 357 g/mol. The Morgan fingerprint density at radius 1 is 1.12 bits per heavy atom. The highest BCUT2D eigenvalue weighted by atomic mass is 32.1. The first-order valence-corrected chi connectivity index (χ1v) is 8.53. The fraction of sp³-hybridized carbons (Fsp3) is 0.263. The Bertz CT molecular complexity index is 705. The first-order valence-electron chi connectivity index (χ1n) is 8.12. The lowest BCUT2D eigenvalue weighted by molar-refractivity contribution is 0.204. The summed E-state index contributed by atoms with van der Waals surface area (Å²) in [5.41, 5.74) is 5.51. The van der Waals surface area contributed by atoms with Gasteiger partial charge in [0, 0.05) is 19.2 Å². The third-order valence-corrected chi connectivity index (χ3v) is 3.83. The zero-order valence-corrected chi connectivity index (χ0v) is 15.1. The quantitative estimate of drug-likeness (QED) is 0.293. The normalized spacial score (nSPS) is 11.2. The zero-order chi connectivity index (χ0) is 17.9. The Balaban J connectivity index is 2.07. The van der Waals surface area contributed by atoms with Gasteiger partial charge in [-0.25, -0.2) is 0 Å². The number of aryl methyl sites for hydroxylation is 1. The first kappa shape index (κ1) is 18.9. The molecular formula is C19H23N3O2S. The van der Waals surface area contributed by atoms with Gasteiger partial charge in [0.15, 0.2) is 5.11 Å². The maximum atomic E-state index is 10.1. The highest BCUT2D eigenvalue weighted by molar-refractivity contribution is 7.80. The molecule has 0 saturated carbocycles. The Labute approximate surface area is 153 Å². The predicted molar refractivity (Wildman–Crippen MR) is 105 cm³/mol. The molecule has 0 spiro atoms. The minimum atomic E-state index is 0.203. The van der Waals surface area contributed by atoms with E-state index in [2.05, 4.69) is 28.0 Å². The van der Waals surface area contributed by atoms with Crippen LogP contribution in [-0.2, 0) is 11.2 Å². The van der Waals surface area contributed by atoms with E-state index < -0.39 is 0 Å². The van der Waals surface area contributed by atoms with Crippen molar-refractivity contribution in [3.05, 3.63) is 65.7 Å². The van der Waals surface area contributed by atoms with Gasteiger partial charge in [0.05, 0.1) is 12.3 Å². The molecule has 3 N–H and O–H groups in total. The van der Waals surface area contributed by atoms with Crippen LogP contribution in [0.25, 0.3) is 0 Å². The van der Waals surface area contributed by atoms with Gasteiger partial charge >= 0.3 is 0 Å². The number of para-hydroxylation sites is 1. The molecule has 2 rings (SSSR count). The molecule has 0 amide bonds. The molecule has 2 aromatic rings. The van der Waals surface area contributed by atoms with Crippen LogP contribution in [-0.4, -0.2) is 36.2 Å². The van der Waals surface area contributed by atoms with E-state index in [1.54, 1.807) is 19.2 Å². The number of hydrogen-bond acceptors (Lipinski definition) is 4. The zero-order valence-electron chi connectivity index (χ0n) is 14.2. The SMILES string of the molecule is COCCNC(=S)N/N=C(\CCc1ccccc1)c1ccccc1O. The van der Waals surface area contributed by atoms with Crippen LogP contribution in [0.4, 0.5) is 0 Å². The van der Waals surface area contributed by atoms with E-state index in [9.17, 15) is 5.11 Å².